The highest BCUT2D eigenvalue weighted by Gasteiger charge is 2.23. The molecule has 1 fully saturated rings. The van der Waals surface area contributed by atoms with E-state index < -0.39 is 0 Å². The predicted molar refractivity (Wildman–Crippen MR) is 79.2 cm³/mol. The van der Waals surface area contributed by atoms with E-state index in [9.17, 15) is 0 Å². The van der Waals surface area contributed by atoms with Gasteiger partial charge in [-0.1, -0.05) is 18.2 Å². The molecular formula is C15H18N2O2S. The molecule has 1 aliphatic heterocycles. The molecule has 0 amide bonds. The van der Waals surface area contributed by atoms with Crippen molar-refractivity contribution in [2.45, 2.75) is 6.10 Å². The van der Waals surface area contributed by atoms with E-state index in [4.69, 9.17) is 9.47 Å². The summed E-state index contributed by atoms with van der Waals surface area (Å²) in [6, 6.07) is 9.94. The van der Waals surface area contributed by atoms with E-state index in [0.717, 1.165) is 37.0 Å². The summed E-state index contributed by atoms with van der Waals surface area (Å²) in [6.45, 7) is 4.23. The molecule has 1 aromatic heterocycles. The van der Waals surface area contributed by atoms with E-state index in [1.165, 1.54) is 0 Å². The van der Waals surface area contributed by atoms with Crippen molar-refractivity contribution in [2.24, 2.45) is 0 Å². The maximum absolute atomic E-state index is 5.78. The zero-order chi connectivity index (χ0) is 13.6. The Labute approximate surface area is 123 Å². The quantitative estimate of drug-likeness (QED) is 0.848. The number of ether oxygens (including phenoxy) is 2. The van der Waals surface area contributed by atoms with Gasteiger partial charge in [-0.15, -0.1) is 11.3 Å². The van der Waals surface area contributed by atoms with Crippen LogP contribution in [0.1, 0.15) is 11.1 Å². The largest absolute Gasteiger partial charge is 0.492 e. The molecule has 106 valence electrons. The number of para-hydroxylation sites is 1. The van der Waals surface area contributed by atoms with E-state index >= 15 is 0 Å². The monoisotopic (exact) mass is 290 g/mol. The molecule has 0 aliphatic carbocycles. The van der Waals surface area contributed by atoms with Gasteiger partial charge in [0.2, 0.25) is 0 Å². The third kappa shape index (κ3) is 3.56. The van der Waals surface area contributed by atoms with E-state index in [2.05, 4.69) is 9.88 Å². The minimum Gasteiger partial charge on any atom is -0.492 e. The standard InChI is InChI=1S/C15H18N2O2S/c1-2-4-13(5-3-1)18-9-7-17-8-10-19-14(12-17)15-16-6-11-20-15/h1-6,11,14H,7-10,12H2/t14-/m0/s1. The smallest absolute Gasteiger partial charge is 0.123 e. The van der Waals surface area contributed by atoms with Crippen molar-refractivity contribution in [3.05, 3.63) is 46.9 Å². The third-order valence-corrected chi connectivity index (χ3v) is 4.16. The molecule has 1 saturated heterocycles. The Morgan fingerprint density at radius 1 is 1.35 bits per heavy atom. The fraction of sp³-hybridized carbons (Fsp3) is 0.400. The van der Waals surface area contributed by atoms with E-state index in [-0.39, 0.29) is 6.10 Å². The maximum atomic E-state index is 5.78. The van der Waals surface area contributed by atoms with Crippen LogP contribution in [0.15, 0.2) is 41.9 Å². The fourth-order valence-corrected chi connectivity index (χ4v) is 2.94. The Bertz CT molecular complexity index is 504. The highest BCUT2D eigenvalue weighted by molar-refractivity contribution is 7.09. The van der Waals surface area contributed by atoms with Gasteiger partial charge in [0.25, 0.3) is 0 Å². The highest BCUT2D eigenvalue weighted by atomic mass is 32.1. The molecule has 1 aromatic carbocycles. The first-order chi connectivity index (χ1) is 9.92. The van der Waals surface area contributed by atoms with Gasteiger partial charge in [0.1, 0.15) is 23.5 Å². The van der Waals surface area contributed by atoms with E-state index in [1.807, 2.05) is 41.9 Å². The Morgan fingerprint density at radius 3 is 3.05 bits per heavy atom. The first-order valence-electron chi connectivity index (χ1n) is 6.83. The fourth-order valence-electron chi connectivity index (χ4n) is 2.26. The normalized spacial score (nSPS) is 19.9. The number of aromatic nitrogens is 1. The van der Waals surface area contributed by atoms with Crippen LogP contribution >= 0.6 is 11.3 Å². The SMILES string of the molecule is c1ccc(OCCN2CCO[C@H](c3nccs3)C2)cc1. The van der Waals surface area contributed by atoms with Gasteiger partial charge >= 0.3 is 0 Å². The molecule has 2 heterocycles. The maximum Gasteiger partial charge on any atom is 0.123 e. The second kappa shape index (κ2) is 6.83. The molecule has 1 aliphatic rings. The lowest BCUT2D eigenvalue weighted by atomic mass is 10.3. The molecule has 4 nitrogen and oxygen atoms in total. The van der Waals surface area contributed by atoms with E-state index in [1.54, 1.807) is 11.3 Å². The Balaban J connectivity index is 1.46. The van der Waals surface area contributed by atoms with Crippen molar-refractivity contribution in [3.63, 3.8) is 0 Å². The van der Waals surface area contributed by atoms with Gasteiger partial charge in [-0.3, -0.25) is 4.90 Å². The molecule has 5 heteroatoms. The molecule has 0 unspecified atom stereocenters. The van der Waals surface area contributed by atoms with Crippen molar-refractivity contribution >= 4 is 11.3 Å². The number of hydrogen-bond donors (Lipinski definition) is 0. The van der Waals surface area contributed by atoms with Gasteiger partial charge in [0.15, 0.2) is 0 Å². The van der Waals surface area contributed by atoms with Crippen molar-refractivity contribution in [2.75, 3.05) is 32.8 Å². The second-order valence-electron chi connectivity index (χ2n) is 4.69. The van der Waals surface area contributed by atoms with Crippen molar-refractivity contribution < 1.29 is 9.47 Å². The lowest BCUT2D eigenvalue weighted by molar-refractivity contribution is -0.0329. The highest BCUT2D eigenvalue weighted by Crippen LogP contribution is 2.23. The summed E-state index contributed by atoms with van der Waals surface area (Å²) in [5, 5.41) is 3.06. The summed E-state index contributed by atoms with van der Waals surface area (Å²) >= 11 is 1.66. The molecule has 2 aromatic rings. The topological polar surface area (TPSA) is 34.6 Å². The number of morpholine rings is 1. The van der Waals surface area contributed by atoms with Crippen molar-refractivity contribution in [3.8, 4) is 5.75 Å². The van der Waals surface area contributed by atoms with Crippen LogP contribution in [-0.4, -0.2) is 42.7 Å². The summed E-state index contributed by atoms with van der Waals surface area (Å²) in [7, 11) is 0. The lowest BCUT2D eigenvalue weighted by Gasteiger charge is -2.31. The number of rotatable bonds is 5. The van der Waals surface area contributed by atoms with Gasteiger partial charge in [0, 0.05) is 31.2 Å². The van der Waals surface area contributed by atoms with Gasteiger partial charge < -0.3 is 9.47 Å². The molecule has 0 N–H and O–H groups in total. The second-order valence-corrected chi connectivity index (χ2v) is 5.62. The number of nitrogens with zero attached hydrogens (tertiary/aromatic N) is 2. The minimum atomic E-state index is 0.112. The number of thiazole rings is 1. The molecule has 1 atom stereocenters. The van der Waals surface area contributed by atoms with Crippen LogP contribution in [-0.2, 0) is 4.74 Å². The van der Waals surface area contributed by atoms with Crippen LogP contribution in [0, 0.1) is 0 Å². The predicted octanol–water partition coefficient (Wildman–Crippen LogP) is 2.60. The number of hydrogen-bond acceptors (Lipinski definition) is 5. The average molecular weight is 290 g/mol. The zero-order valence-corrected chi connectivity index (χ0v) is 12.1. The van der Waals surface area contributed by atoms with Gasteiger partial charge in [-0.05, 0) is 12.1 Å². The van der Waals surface area contributed by atoms with Crippen LogP contribution in [0.25, 0.3) is 0 Å². The molecule has 0 radical (unpaired) electrons. The van der Waals surface area contributed by atoms with Crippen molar-refractivity contribution in [1.29, 1.82) is 0 Å². The van der Waals surface area contributed by atoms with Gasteiger partial charge in [-0.25, -0.2) is 4.98 Å². The Hall–Kier alpha value is -1.43. The third-order valence-electron chi connectivity index (χ3n) is 3.30. The molecular weight excluding hydrogens is 272 g/mol. The lowest BCUT2D eigenvalue weighted by Crippen LogP contribution is -2.40. The summed E-state index contributed by atoms with van der Waals surface area (Å²) < 4.78 is 11.5. The Morgan fingerprint density at radius 2 is 2.25 bits per heavy atom. The van der Waals surface area contributed by atoms with Gasteiger partial charge in [0.05, 0.1) is 6.61 Å². The summed E-state index contributed by atoms with van der Waals surface area (Å²) in [6.07, 6.45) is 1.95. The minimum absolute atomic E-state index is 0.112. The number of benzene rings is 1. The summed E-state index contributed by atoms with van der Waals surface area (Å²) in [5.74, 6) is 0.928. The van der Waals surface area contributed by atoms with Gasteiger partial charge in [-0.2, -0.15) is 0 Å². The first kappa shape index (κ1) is 13.5. The molecule has 3 rings (SSSR count). The van der Waals surface area contributed by atoms with Crippen molar-refractivity contribution in [1.82, 2.24) is 9.88 Å². The summed E-state index contributed by atoms with van der Waals surface area (Å²) in [5.41, 5.74) is 0. The molecule has 0 spiro atoms. The van der Waals surface area contributed by atoms with Crippen LogP contribution in [0.5, 0.6) is 5.75 Å². The van der Waals surface area contributed by atoms with Crippen LogP contribution in [0.3, 0.4) is 0 Å². The molecule has 0 saturated carbocycles. The first-order valence-corrected chi connectivity index (χ1v) is 7.71. The van der Waals surface area contributed by atoms with Crippen LogP contribution in [0.4, 0.5) is 0 Å². The Kier molecular flexibility index (Phi) is 4.63. The summed E-state index contributed by atoms with van der Waals surface area (Å²) in [4.78, 5) is 6.71. The molecule has 0 bridgehead atoms. The van der Waals surface area contributed by atoms with Crippen LogP contribution < -0.4 is 4.74 Å². The molecule has 20 heavy (non-hydrogen) atoms. The average Bonchev–Trinajstić information content (AvgIpc) is 3.03. The zero-order valence-electron chi connectivity index (χ0n) is 11.3. The van der Waals surface area contributed by atoms with Crippen LogP contribution in [0.2, 0.25) is 0 Å². The van der Waals surface area contributed by atoms with E-state index in [0.29, 0.717) is 6.61 Å².